The molecule has 1 aromatic heterocycles. The molecule has 1 atom stereocenters. The minimum Gasteiger partial charge on any atom is -0.271 e. The van der Waals surface area contributed by atoms with E-state index in [-0.39, 0.29) is 11.7 Å². The number of nitrogens with zero attached hydrogens (tertiary/aromatic N) is 2. The molecular weight excluding hydrogens is 214 g/mol. The van der Waals surface area contributed by atoms with Crippen LogP contribution in [-0.4, -0.2) is 14.8 Å². The minimum absolute atomic E-state index is 0.115. The Balaban J connectivity index is 2.03. The van der Waals surface area contributed by atoms with Crippen molar-refractivity contribution in [3.8, 4) is 0 Å². The molecule has 1 aromatic carbocycles. The van der Waals surface area contributed by atoms with Gasteiger partial charge >= 0.3 is 5.69 Å². The molecule has 0 saturated carbocycles. The highest BCUT2D eigenvalue weighted by Gasteiger charge is 2.26. The van der Waals surface area contributed by atoms with Gasteiger partial charge in [-0.3, -0.25) is 4.57 Å². The molecule has 3 rings (SSSR count). The third-order valence-corrected chi connectivity index (χ3v) is 3.29. The first-order valence-corrected chi connectivity index (χ1v) is 5.68. The van der Waals surface area contributed by atoms with E-state index in [2.05, 4.69) is 28.9 Å². The molecule has 1 aliphatic rings. The van der Waals surface area contributed by atoms with Crippen molar-refractivity contribution in [2.24, 2.45) is 0 Å². The second-order valence-corrected chi connectivity index (χ2v) is 4.24. The van der Waals surface area contributed by atoms with Crippen molar-refractivity contribution >= 4 is 6.08 Å². The molecule has 0 bridgehead atoms. The average molecular weight is 227 g/mol. The van der Waals surface area contributed by atoms with Crippen LogP contribution in [-0.2, 0) is 6.42 Å². The first kappa shape index (κ1) is 10.1. The summed E-state index contributed by atoms with van der Waals surface area (Å²) in [6, 6.07) is 8.26. The van der Waals surface area contributed by atoms with E-state index in [0.717, 1.165) is 29.8 Å². The first-order chi connectivity index (χ1) is 8.29. The topological polar surface area (TPSA) is 50.7 Å². The van der Waals surface area contributed by atoms with Gasteiger partial charge in [-0.15, -0.1) is 0 Å². The fourth-order valence-electron chi connectivity index (χ4n) is 2.40. The van der Waals surface area contributed by atoms with Crippen molar-refractivity contribution in [2.45, 2.75) is 18.9 Å². The number of aryl methyl sites for hydroxylation is 1. The lowest BCUT2D eigenvalue weighted by molar-refractivity contribution is 0.598. The summed E-state index contributed by atoms with van der Waals surface area (Å²) in [5.41, 5.74) is 2.12. The van der Waals surface area contributed by atoms with Gasteiger partial charge in [0, 0.05) is 6.42 Å². The summed E-state index contributed by atoms with van der Waals surface area (Å²) in [6.45, 7) is 3.73. The smallest absolute Gasteiger partial charge is 0.271 e. The lowest BCUT2D eigenvalue weighted by Gasteiger charge is -2.11. The van der Waals surface area contributed by atoms with E-state index < -0.39 is 0 Å². The highest BCUT2D eigenvalue weighted by molar-refractivity contribution is 5.47. The Labute approximate surface area is 98.6 Å². The first-order valence-electron chi connectivity index (χ1n) is 5.68. The van der Waals surface area contributed by atoms with Gasteiger partial charge in [-0.25, -0.2) is 9.89 Å². The zero-order valence-corrected chi connectivity index (χ0v) is 9.39. The van der Waals surface area contributed by atoms with Gasteiger partial charge in [0.25, 0.3) is 0 Å². The van der Waals surface area contributed by atoms with Crippen molar-refractivity contribution in [2.75, 3.05) is 0 Å². The van der Waals surface area contributed by atoms with Crippen molar-refractivity contribution in [1.82, 2.24) is 14.8 Å². The maximum Gasteiger partial charge on any atom is 0.343 e. The Morgan fingerprint density at radius 3 is 2.88 bits per heavy atom. The summed E-state index contributed by atoms with van der Waals surface area (Å²) >= 11 is 0. The molecule has 2 heterocycles. The summed E-state index contributed by atoms with van der Waals surface area (Å²) in [5, 5.41) is 6.52. The second kappa shape index (κ2) is 3.73. The number of hydrogen-bond donors (Lipinski definition) is 1. The number of H-pyrrole nitrogens is 1. The van der Waals surface area contributed by atoms with Gasteiger partial charge in [0.1, 0.15) is 5.82 Å². The summed E-state index contributed by atoms with van der Waals surface area (Å²) < 4.78 is 1.75. The Morgan fingerprint density at radius 2 is 2.18 bits per heavy atom. The molecule has 86 valence electrons. The maximum absolute atomic E-state index is 11.6. The SMILES string of the molecule is C=Cc1ccc(C2CCc3n[nH]c(=O)n32)cc1. The number of rotatable bonds is 2. The highest BCUT2D eigenvalue weighted by atomic mass is 16.1. The summed E-state index contributed by atoms with van der Waals surface area (Å²) in [7, 11) is 0. The Kier molecular flexibility index (Phi) is 2.21. The van der Waals surface area contributed by atoms with Crippen LogP contribution >= 0.6 is 0 Å². The zero-order chi connectivity index (χ0) is 11.8. The van der Waals surface area contributed by atoms with Crippen LogP contribution in [0.1, 0.15) is 29.4 Å². The molecular formula is C13H13N3O. The van der Waals surface area contributed by atoms with Gasteiger partial charge in [-0.05, 0) is 17.5 Å². The van der Waals surface area contributed by atoms with Crippen LogP contribution in [0.15, 0.2) is 35.6 Å². The highest BCUT2D eigenvalue weighted by Crippen LogP contribution is 2.28. The molecule has 2 aromatic rings. The van der Waals surface area contributed by atoms with E-state index in [1.165, 1.54) is 0 Å². The van der Waals surface area contributed by atoms with Gasteiger partial charge in [-0.1, -0.05) is 36.9 Å². The van der Waals surface area contributed by atoms with Gasteiger partial charge in [-0.2, -0.15) is 5.10 Å². The molecule has 0 fully saturated rings. The van der Waals surface area contributed by atoms with E-state index in [4.69, 9.17) is 0 Å². The van der Waals surface area contributed by atoms with Crippen LogP contribution < -0.4 is 5.69 Å². The molecule has 4 nitrogen and oxygen atoms in total. The van der Waals surface area contributed by atoms with E-state index in [1.54, 1.807) is 4.57 Å². The Hall–Kier alpha value is -2.10. The third-order valence-electron chi connectivity index (χ3n) is 3.29. The Bertz CT molecular complexity index is 606. The van der Waals surface area contributed by atoms with Gasteiger partial charge in [0.2, 0.25) is 0 Å². The fourth-order valence-corrected chi connectivity index (χ4v) is 2.40. The number of fused-ring (bicyclic) bond motifs is 1. The standard InChI is InChI=1S/C13H13N3O/c1-2-9-3-5-10(6-4-9)11-7-8-12-14-15-13(17)16(11)12/h2-6,11H,1,7-8H2,(H,15,17). The average Bonchev–Trinajstić information content (AvgIpc) is 2.93. The fraction of sp³-hybridized carbons (Fsp3) is 0.231. The predicted molar refractivity (Wildman–Crippen MR) is 65.8 cm³/mol. The summed E-state index contributed by atoms with van der Waals surface area (Å²) in [6.07, 6.45) is 3.61. The molecule has 0 amide bonds. The van der Waals surface area contributed by atoms with E-state index >= 15 is 0 Å². The van der Waals surface area contributed by atoms with Crippen LogP contribution in [0, 0.1) is 0 Å². The van der Waals surface area contributed by atoms with Crippen molar-refractivity contribution in [3.63, 3.8) is 0 Å². The minimum atomic E-state index is -0.115. The summed E-state index contributed by atoms with van der Waals surface area (Å²) in [5.74, 6) is 0.854. The zero-order valence-electron chi connectivity index (χ0n) is 9.39. The largest absolute Gasteiger partial charge is 0.343 e. The van der Waals surface area contributed by atoms with Crippen molar-refractivity contribution in [3.05, 3.63) is 58.3 Å². The summed E-state index contributed by atoms with van der Waals surface area (Å²) in [4.78, 5) is 11.6. The van der Waals surface area contributed by atoms with Gasteiger partial charge in [0.15, 0.2) is 0 Å². The molecule has 0 spiro atoms. The van der Waals surface area contributed by atoms with Crippen LogP contribution in [0.3, 0.4) is 0 Å². The maximum atomic E-state index is 11.6. The number of aromatic nitrogens is 3. The number of benzene rings is 1. The molecule has 1 N–H and O–H groups in total. The quantitative estimate of drug-likeness (QED) is 0.849. The molecule has 0 aliphatic carbocycles. The molecule has 17 heavy (non-hydrogen) atoms. The van der Waals surface area contributed by atoms with Crippen LogP contribution in [0.5, 0.6) is 0 Å². The number of hydrogen-bond acceptors (Lipinski definition) is 2. The van der Waals surface area contributed by atoms with Crippen LogP contribution in [0.2, 0.25) is 0 Å². The molecule has 1 aliphatic heterocycles. The number of nitrogens with one attached hydrogen (secondary N) is 1. The van der Waals surface area contributed by atoms with Gasteiger partial charge < -0.3 is 0 Å². The van der Waals surface area contributed by atoms with E-state index in [1.807, 2.05) is 18.2 Å². The van der Waals surface area contributed by atoms with Gasteiger partial charge in [0.05, 0.1) is 6.04 Å². The normalized spacial score (nSPS) is 18.0. The van der Waals surface area contributed by atoms with Crippen LogP contribution in [0.4, 0.5) is 0 Å². The molecule has 0 saturated heterocycles. The molecule has 1 unspecified atom stereocenters. The Morgan fingerprint density at radius 1 is 1.41 bits per heavy atom. The van der Waals surface area contributed by atoms with E-state index in [0.29, 0.717) is 0 Å². The van der Waals surface area contributed by atoms with Crippen molar-refractivity contribution in [1.29, 1.82) is 0 Å². The second-order valence-electron chi connectivity index (χ2n) is 4.24. The third kappa shape index (κ3) is 1.53. The van der Waals surface area contributed by atoms with Crippen LogP contribution in [0.25, 0.3) is 6.08 Å². The monoisotopic (exact) mass is 227 g/mol. The lowest BCUT2D eigenvalue weighted by Crippen LogP contribution is -2.20. The molecule has 0 radical (unpaired) electrons. The number of aromatic amines is 1. The molecule has 4 heteroatoms. The van der Waals surface area contributed by atoms with E-state index in [9.17, 15) is 4.79 Å². The predicted octanol–water partition coefficient (Wildman–Crippen LogP) is 1.75. The lowest BCUT2D eigenvalue weighted by atomic mass is 10.0. The van der Waals surface area contributed by atoms with Crippen molar-refractivity contribution < 1.29 is 0 Å².